The van der Waals surface area contributed by atoms with Gasteiger partial charge in [-0.3, -0.25) is 14.9 Å². The van der Waals surface area contributed by atoms with Crippen LogP contribution < -0.4 is 20.7 Å². The average molecular weight is 479 g/mol. The van der Waals surface area contributed by atoms with Crippen molar-refractivity contribution in [3.05, 3.63) is 60.2 Å². The van der Waals surface area contributed by atoms with Gasteiger partial charge < -0.3 is 15.4 Å². The van der Waals surface area contributed by atoms with E-state index in [9.17, 15) is 14.4 Å². The number of rotatable bonds is 7. The Morgan fingerprint density at radius 2 is 1.79 bits per heavy atom. The summed E-state index contributed by atoms with van der Waals surface area (Å²) in [5, 5.41) is 9.29. The van der Waals surface area contributed by atoms with E-state index < -0.39 is 11.9 Å². The summed E-state index contributed by atoms with van der Waals surface area (Å²) >= 11 is 1.17. The highest BCUT2D eigenvalue weighted by molar-refractivity contribution is 7.99. The quantitative estimate of drug-likeness (QED) is 0.436. The fourth-order valence-corrected chi connectivity index (χ4v) is 4.66. The molecule has 0 bridgehead atoms. The molecule has 1 aromatic heterocycles. The van der Waals surface area contributed by atoms with Crippen LogP contribution in [0.4, 0.5) is 10.5 Å². The van der Waals surface area contributed by atoms with Gasteiger partial charge in [0.1, 0.15) is 5.75 Å². The first kappa shape index (κ1) is 23.6. The monoisotopic (exact) mass is 478 g/mol. The molecule has 0 aliphatic heterocycles. The van der Waals surface area contributed by atoms with E-state index in [-0.39, 0.29) is 17.7 Å². The number of benzene rings is 2. The van der Waals surface area contributed by atoms with Gasteiger partial charge in [-0.05, 0) is 37.1 Å². The third-order valence-corrected chi connectivity index (χ3v) is 6.50. The Hall–Kier alpha value is -3.59. The van der Waals surface area contributed by atoms with Gasteiger partial charge in [0.2, 0.25) is 5.91 Å². The van der Waals surface area contributed by atoms with Gasteiger partial charge in [0.05, 0.1) is 34.7 Å². The fraction of sp³-hybridized carbons (Fsp3) is 0.280. The molecule has 3 N–H and O–H groups in total. The number of urea groups is 1. The summed E-state index contributed by atoms with van der Waals surface area (Å²) in [6.07, 6.45) is 4.07. The number of fused-ring (bicyclic) bond motifs is 1. The number of nitrogens with zero attached hydrogens (tertiary/aromatic N) is 1. The number of carbonyl (C=O) groups excluding carboxylic acids is 3. The highest BCUT2D eigenvalue weighted by Gasteiger charge is 2.19. The molecule has 0 saturated heterocycles. The minimum atomic E-state index is -0.471. The Labute approximate surface area is 201 Å². The molecule has 1 heterocycles. The zero-order chi connectivity index (χ0) is 23.9. The molecule has 1 aliphatic rings. The lowest BCUT2D eigenvalue weighted by atomic mass is 10.1. The molecule has 8 nitrogen and oxygen atoms in total. The number of ether oxygens (including phenoxy) is 1. The average Bonchev–Trinajstić information content (AvgIpc) is 3.35. The number of methoxy groups -OCH3 is 1. The molecule has 1 fully saturated rings. The minimum absolute atomic E-state index is 0.00298. The molecule has 1 aliphatic carbocycles. The number of anilines is 1. The van der Waals surface area contributed by atoms with Crippen LogP contribution >= 0.6 is 11.8 Å². The maximum absolute atomic E-state index is 13.2. The van der Waals surface area contributed by atoms with E-state index in [0.29, 0.717) is 32.9 Å². The Morgan fingerprint density at radius 3 is 2.59 bits per heavy atom. The number of hydrogen-bond acceptors (Lipinski definition) is 6. The van der Waals surface area contributed by atoms with Crippen LogP contribution in [0.2, 0.25) is 0 Å². The maximum atomic E-state index is 13.2. The smallest absolute Gasteiger partial charge is 0.321 e. The van der Waals surface area contributed by atoms with Crippen molar-refractivity contribution >= 4 is 46.2 Å². The maximum Gasteiger partial charge on any atom is 0.321 e. The Kier molecular flexibility index (Phi) is 7.64. The van der Waals surface area contributed by atoms with Gasteiger partial charge in [-0.2, -0.15) is 0 Å². The van der Waals surface area contributed by atoms with Gasteiger partial charge in [-0.25, -0.2) is 9.78 Å². The predicted molar refractivity (Wildman–Crippen MR) is 132 cm³/mol. The SMILES string of the molecule is COc1ccccc1NC(=O)c1cc(SCC(=O)NC(=O)NC2CCCC2)nc2ccccc12. The van der Waals surface area contributed by atoms with E-state index in [4.69, 9.17) is 4.74 Å². The van der Waals surface area contributed by atoms with E-state index >= 15 is 0 Å². The number of pyridine rings is 1. The molecule has 0 radical (unpaired) electrons. The molecule has 3 aromatic rings. The zero-order valence-corrected chi connectivity index (χ0v) is 19.6. The van der Waals surface area contributed by atoms with Crippen molar-refractivity contribution in [2.45, 2.75) is 36.8 Å². The molecule has 4 amide bonds. The number of aromatic nitrogens is 1. The van der Waals surface area contributed by atoms with Crippen LogP contribution in [-0.2, 0) is 4.79 Å². The lowest BCUT2D eigenvalue weighted by molar-refractivity contribution is -0.117. The van der Waals surface area contributed by atoms with Crippen LogP contribution in [0, 0.1) is 0 Å². The first-order chi connectivity index (χ1) is 16.5. The van der Waals surface area contributed by atoms with Crippen LogP contribution in [0.25, 0.3) is 10.9 Å². The molecule has 2 aromatic carbocycles. The Morgan fingerprint density at radius 1 is 1.06 bits per heavy atom. The van der Waals surface area contributed by atoms with Crippen LogP contribution in [-0.4, -0.2) is 41.7 Å². The van der Waals surface area contributed by atoms with E-state index in [1.165, 1.54) is 11.8 Å². The second-order valence-corrected chi connectivity index (χ2v) is 8.97. The normalized spacial score (nSPS) is 13.4. The van der Waals surface area contributed by atoms with Crippen LogP contribution in [0.3, 0.4) is 0 Å². The third-order valence-electron chi connectivity index (χ3n) is 5.59. The van der Waals surface area contributed by atoms with Crippen molar-refractivity contribution in [3.63, 3.8) is 0 Å². The summed E-state index contributed by atoms with van der Waals surface area (Å²) in [4.78, 5) is 42.0. The lowest BCUT2D eigenvalue weighted by Crippen LogP contribution is -2.44. The zero-order valence-electron chi connectivity index (χ0n) is 18.8. The minimum Gasteiger partial charge on any atom is -0.495 e. The number of carbonyl (C=O) groups is 3. The molecule has 9 heteroatoms. The summed E-state index contributed by atoms with van der Waals surface area (Å²) < 4.78 is 5.32. The van der Waals surface area contributed by atoms with E-state index in [1.54, 1.807) is 25.3 Å². The fourth-order valence-electron chi connectivity index (χ4n) is 3.94. The van der Waals surface area contributed by atoms with Crippen molar-refractivity contribution in [2.24, 2.45) is 0 Å². The Bertz CT molecular complexity index is 1210. The third kappa shape index (κ3) is 5.85. The van der Waals surface area contributed by atoms with Gasteiger partial charge >= 0.3 is 6.03 Å². The number of imide groups is 1. The number of hydrogen-bond donors (Lipinski definition) is 3. The summed E-state index contributed by atoms with van der Waals surface area (Å²) in [5.41, 5.74) is 1.62. The molecule has 0 unspecified atom stereocenters. The van der Waals surface area contributed by atoms with Crippen molar-refractivity contribution in [1.82, 2.24) is 15.6 Å². The van der Waals surface area contributed by atoms with Crippen LogP contribution in [0.15, 0.2) is 59.6 Å². The number of amides is 4. The number of thioether (sulfide) groups is 1. The van der Waals surface area contributed by atoms with Gasteiger partial charge in [-0.15, -0.1) is 0 Å². The first-order valence-corrected chi connectivity index (χ1v) is 12.1. The molecular formula is C25H26N4O4S. The molecule has 176 valence electrons. The summed E-state index contributed by atoms with van der Waals surface area (Å²) in [7, 11) is 1.54. The van der Waals surface area contributed by atoms with Crippen molar-refractivity contribution in [1.29, 1.82) is 0 Å². The first-order valence-electron chi connectivity index (χ1n) is 11.1. The highest BCUT2D eigenvalue weighted by Crippen LogP contribution is 2.27. The second-order valence-electron chi connectivity index (χ2n) is 7.97. The van der Waals surface area contributed by atoms with E-state index in [1.807, 2.05) is 36.4 Å². The molecule has 0 spiro atoms. The second kappa shape index (κ2) is 11.0. The van der Waals surface area contributed by atoms with E-state index in [2.05, 4.69) is 20.9 Å². The van der Waals surface area contributed by atoms with Gasteiger partial charge in [0, 0.05) is 11.4 Å². The van der Waals surface area contributed by atoms with Gasteiger partial charge in [-0.1, -0.05) is 54.9 Å². The largest absolute Gasteiger partial charge is 0.495 e. The van der Waals surface area contributed by atoms with Crippen molar-refractivity contribution in [2.75, 3.05) is 18.2 Å². The van der Waals surface area contributed by atoms with E-state index in [0.717, 1.165) is 25.7 Å². The number of para-hydroxylation sites is 3. The highest BCUT2D eigenvalue weighted by atomic mass is 32.2. The summed E-state index contributed by atoms with van der Waals surface area (Å²) in [6, 6.07) is 15.8. The summed E-state index contributed by atoms with van der Waals surface area (Å²) in [5.74, 6) is -0.186. The van der Waals surface area contributed by atoms with Crippen LogP contribution in [0.5, 0.6) is 5.75 Å². The molecule has 34 heavy (non-hydrogen) atoms. The Balaban J connectivity index is 1.46. The topological polar surface area (TPSA) is 109 Å². The van der Waals surface area contributed by atoms with Gasteiger partial charge in [0.15, 0.2) is 0 Å². The summed E-state index contributed by atoms with van der Waals surface area (Å²) in [6.45, 7) is 0. The standard InChI is InChI=1S/C25H26N4O4S/c1-33-21-13-7-6-12-20(21)28-24(31)18-14-23(27-19-11-5-4-10-17(18)19)34-15-22(30)29-25(32)26-16-8-2-3-9-16/h4-7,10-14,16H,2-3,8-9,15H2,1H3,(H,28,31)(H2,26,29,30,32). The van der Waals surface area contributed by atoms with Crippen molar-refractivity contribution in [3.8, 4) is 5.75 Å². The van der Waals surface area contributed by atoms with Crippen molar-refractivity contribution < 1.29 is 19.1 Å². The molecule has 0 atom stereocenters. The molecule has 1 saturated carbocycles. The van der Waals surface area contributed by atoms with Gasteiger partial charge in [0.25, 0.3) is 5.91 Å². The lowest BCUT2D eigenvalue weighted by Gasteiger charge is -2.13. The molecular weight excluding hydrogens is 452 g/mol. The predicted octanol–water partition coefficient (Wildman–Crippen LogP) is 4.36. The van der Waals surface area contributed by atoms with Crippen LogP contribution in [0.1, 0.15) is 36.0 Å². The molecule has 4 rings (SSSR count). The number of nitrogens with one attached hydrogen (secondary N) is 3.